The molecule has 1 atom stereocenters. The first-order valence-corrected chi connectivity index (χ1v) is 8.84. The average Bonchev–Trinajstić information content (AvgIpc) is 2.72. The Morgan fingerprint density at radius 1 is 0.852 bits per heavy atom. The number of carbonyl (C=O) groups excluding carboxylic acids is 2. The quantitative estimate of drug-likeness (QED) is 0.639. The van der Waals surface area contributed by atoms with Gasteiger partial charge in [0, 0.05) is 17.1 Å². The molecule has 1 N–H and O–H groups in total. The lowest BCUT2D eigenvalue weighted by atomic mass is 10.1. The number of ether oxygens (including phenoxy) is 1. The van der Waals surface area contributed by atoms with Crippen LogP contribution in [0.3, 0.4) is 0 Å². The number of esters is 1. The molecule has 0 saturated heterocycles. The van der Waals surface area contributed by atoms with Crippen LogP contribution in [0.15, 0.2) is 84.9 Å². The van der Waals surface area contributed by atoms with E-state index in [9.17, 15) is 9.59 Å². The summed E-state index contributed by atoms with van der Waals surface area (Å²) in [7, 11) is 0. The molecule has 136 valence electrons. The molecule has 0 aliphatic rings. The molecule has 0 spiro atoms. The van der Waals surface area contributed by atoms with Crippen LogP contribution in [0.25, 0.3) is 0 Å². The Kier molecular flexibility index (Phi) is 6.23. The van der Waals surface area contributed by atoms with Crippen LogP contribution >= 0.6 is 11.6 Å². The standard InChI is InChI=1S/C22H18ClNO3/c23-19-13-11-17(12-14-19)20(27-22(26)18-9-5-2-6-10-18)21(25)24-15-16-7-3-1-4-8-16/h1-14,20H,15H2,(H,24,25). The smallest absolute Gasteiger partial charge is 0.339 e. The molecule has 27 heavy (non-hydrogen) atoms. The molecular formula is C22H18ClNO3. The Labute approximate surface area is 162 Å². The minimum atomic E-state index is -1.07. The average molecular weight is 380 g/mol. The van der Waals surface area contributed by atoms with E-state index in [-0.39, 0.29) is 0 Å². The third kappa shape index (κ3) is 5.19. The number of nitrogens with one attached hydrogen (secondary N) is 1. The van der Waals surface area contributed by atoms with Gasteiger partial charge in [-0.2, -0.15) is 0 Å². The monoisotopic (exact) mass is 379 g/mol. The highest BCUT2D eigenvalue weighted by atomic mass is 35.5. The highest BCUT2D eigenvalue weighted by Crippen LogP contribution is 2.22. The lowest BCUT2D eigenvalue weighted by Gasteiger charge is -2.18. The summed E-state index contributed by atoms with van der Waals surface area (Å²) < 4.78 is 5.52. The van der Waals surface area contributed by atoms with Crippen LogP contribution in [0.1, 0.15) is 27.6 Å². The summed E-state index contributed by atoms with van der Waals surface area (Å²) in [6.45, 7) is 0.340. The molecule has 0 bridgehead atoms. The van der Waals surface area contributed by atoms with Gasteiger partial charge in [-0.1, -0.05) is 72.3 Å². The number of carbonyl (C=O) groups is 2. The van der Waals surface area contributed by atoms with Crippen molar-refractivity contribution in [3.05, 3.63) is 107 Å². The number of amides is 1. The van der Waals surface area contributed by atoms with Crippen molar-refractivity contribution in [2.45, 2.75) is 12.6 Å². The Morgan fingerprint density at radius 3 is 2.07 bits per heavy atom. The van der Waals surface area contributed by atoms with Gasteiger partial charge in [0.2, 0.25) is 6.10 Å². The van der Waals surface area contributed by atoms with Crippen LogP contribution in [0.5, 0.6) is 0 Å². The van der Waals surface area contributed by atoms with E-state index in [0.717, 1.165) is 5.56 Å². The van der Waals surface area contributed by atoms with Gasteiger partial charge in [0.15, 0.2) is 0 Å². The highest BCUT2D eigenvalue weighted by Gasteiger charge is 2.25. The first-order valence-electron chi connectivity index (χ1n) is 8.46. The number of hydrogen-bond acceptors (Lipinski definition) is 3. The molecular weight excluding hydrogens is 362 g/mol. The van der Waals surface area contributed by atoms with Crippen molar-refractivity contribution < 1.29 is 14.3 Å². The molecule has 1 unspecified atom stereocenters. The lowest BCUT2D eigenvalue weighted by Crippen LogP contribution is -2.31. The summed E-state index contributed by atoms with van der Waals surface area (Å²) in [5.74, 6) is -0.962. The van der Waals surface area contributed by atoms with Crippen molar-refractivity contribution in [3.63, 3.8) is 0 Å². The predicted octanol–water partition coefficient (Wildman–Crippen LogP) is 4.55. The maximum absolute atomic E-state index is 12.7. The van der Waals surface area contributed by atoms with Gasteiger partial charge in [0.1, 0.15) is 0 Å². The van der Waals surface area contributed by atoms with E-state index in [1.807, 2.05) is 30.3 Å². The van der Waals surface area contributed by atoms with Gasteiger partial charge in [-0.25, -0.2) is 4.79 Å². The largest absolute Gasteiger partial charge is 0.444 e. The van der Waals surface area contributed by atoms with Crippen molar-refractivity contribution in [2.24, 2.45) is 0 Å². The zero-order valence-corrected chi connectivity index (χ0v) is 15.2. The van der Waals surface area contributed by atoms with Crippen LogP contribution in [-0.4, -0.2) is 11.9 Å². The van der Waals surface area contributed by atoms with Crippen molar-refractivity contribution in [3.8, 4) is 0 Å². The first-order chi connectivity index (χ1) is 13.1. The Balaban J connectivity index is 1.77. The zero-order valence-electron chi connectivity index (χ0n) is 14.5. The minimum Gasteiger partial charge on any atom is -0.444 e. The third-order valence-corrected chi connectivity index (χ3v) is 4.21. The molecule has 0 radical (unpaired) electrons. The molecule has 5 heteroatoms. The van der Waals surface area contributed by atoms with E-state index in [2.05, 4.69) is 5.32 Å². The van der Waals surface area contributed by atoms with Crippen molar-refractivity contribution in [2.75, 3.05) is 0 Å². The summed E-state index contributed by atoms with van der Waals surface area (Å²) in [5.41, 5.74) is 1.89. The lowest BCUT2D eigenvalue weighted by molar-refractivity contribution is -0.130. The van der Waals surface area contributed by atoms with Crippen LogP contribution in [0.4, 0.5) is 0 Å². The molecule has 3 aromatic rings. The molecule has 0 aliphatic heterocycles. The maximum Gasteiger partial charge on any atom is 0.339 e. The normalized spacial score (nSPS) is 11.4. The topological polar surface area (TPSA) is 55.4 Å². The molecule has 3 aromatic carbocycles. The summed E-state index contributed by atoms with van der Waals surface area (Å²) in [6.07, 6.45) is -1.07. The van der Waals surface area contributed by atoms with E-state index >= 15 is 0 Å². The molecule has 0 heterocycles. The Bertz CT molecular complexity index is 896. The number of rotatable bonds is 6. The van der Waals surface area contributed by atoms with Gasteiger partial charge in [-0.05, 0) is 29.8 Å². The predicted molar refractivity (Wildman–Crippen MR) is 104 cm³/mol. The first kappa shape index (κ1) is 18.7. The van der Waals surface area contributed by atoms with E-state index < -0.39 is 18.0 Å². The van der Waals surface area contributed by atoms with Crippen LogP contribution in [-0.2, 0) is 16.1 Å². The number of halogens is 1. The second-order valence-corrected chi connectivity index (χ2v) is 6.34. The van der Waals surface area contributed by atoms with Crippen molar-refractivity contribution in [1.29, 1.82) is 0 Å². The number of benzene rings is 3. The van der Waals surface area contributed by atoms with Gasteiger partial charge in [-0.15, -0.1) is 0 Å². The summed E-state index contributed by atoms with van der Waals surface area (Å²) in [6, 6.07) is 24.8. The third-order valence-electron chi connectivity index (χ3n) is 3.95. The number of hydrogen-bond donors (Lipinski definition) is 1. The Morgan fingerprint density at radius 2 is 1.44 bits per heavy atom. The van der Waals surface area contributed by atoms with E-state index in [0.29, 0.717) is 22.7 Å². The molecule has 0 aromatic heterocycles. The fourth-order valence-corrected chi connectivity index (χ4v) is 2.66. The van der Waals surface area contributed by atoms with Crippen LogP contribution in [0, 0.1) is 0 Å². The Hall–Kier alpha value is -3.11. The fourth-order valence-electron chi connectivity index (χ4n) is 2.54. The second kappa shape index (κ2) is 9.01. The summed E-state index contributed by atoms with van der Waals surface area (Å²) in [5, 5.41) is 3.36. The van der Waals surface area contributed by atoms with E-state index in [4.69, 9.17) is 16.3 Å². The highest BCUT2D eigenvalue weighted by molar-refractivity contribution is 6.30. The minimum absolute atomic E-state index is 0.340. The van der Waals surface area contributed by atoms with E-state index in [1.54, 1.807) is 54.6 Å². The molecule has 3 rings (SSSR count). The van der Waals surface area contributed by atoms with Crippen molar-refractivity contribution in [1.82, 2.24) is 5.32 Å². The van der Waals surface area contributed by atoms with Crippen LogP contribution < -0.4 is 5.32 Å². The molecule has 4 nitrogen and oxygen atoms in total. The van der Waals surface area contributed by atoms with Gasteiger partial charge in [0.05, 0.1) is 5.56 Å². The van der Waals surface area contributed by atoms with Gasteiger partial charge >= 0.3 is 5.97 Å². The van der Waals surface area contributed by atoms with Crippen molar-refractivity contribution >= 4 is 23.5 Å². The molecule has 0 saturated carbocycles. The SMILES string of the molecule is O=C(OC(C(=O)NCc1ccccc1)c1ccc(Cl)cc1)c1ccccc1. The van der Waals surface area contributed by atoms with Gasteiger partial charge in [-0.3, -0.25) is 4.79 Å². The van der Waals surface area contributed by atoms with E-state index in [1.165, 1.54) is 0 Å². The van der Waals surface area contributed by atoms with Gasteiger partial charge < -0.3 is 10.1 Å². The maximum atomic E-state index is 12.7. The van der Waals surface area contributed by atoms with Gasteiger partial charge in [0.25, 0.3) is 5.91 Å². The second-order valence-electron chi connectivity index (χ2n) is 5.91. The molecule has 0 fully saturated rings. The fraction of sp³-hybridized carbons (Fsp3) is 0.0909. The molecule has 1 amide bonds. The summed E-state index contributed by atoms with van der Waals surface area (Å²) >= 11 is 5.93. The van der Waals surface area contributed by atoms with Crippen LogP contribution in [0.2, 0.25) is 5.02 Å². The molecule has 0 aliphatic carbocycles. The zero-order chi connectivity index (χ0) is 19.1. The summed E-state index contributed by atoms with van der Waals surface area (Å²) in [4.78, 5) is 25.2.